The van der Waals surface area contributed by atoms with Crippen LogP contribution in [0.5, 0.6) is 5.75 Å². The highest BCUT2D eigenvalue weighted by atomic mass is 35.7. The van der Waals surface area contributed by atoms with Gasteiger partial charge in [-0.2, -0.15) is 0 Å². The van der Waals surface area contributed by atoms with Crippen LogP contribution in [0.4, 0.5) is 0 Å². The lowest BCUT2D eigenvalue weighted by Crippen LogP contribution is -2.32. The van der Waals surface area contributed by atoms with Crippen LogP contribution in [0.15, 0.2) is 12.1 Å². The lowest BCUT2D eigenvalue weighted by molar-refractivity contribution is 0.171. The minimum absolute atomic E-state index is 0.0967. The first-order valence-electron chi connectivity index (χ1n) is 6.40. The molecule has 21 heavy (non-hydrogen) atoms. The van der Waals surface area contributed by atoms with E-state index in [1.165, 1.54) is 12.1 Å². The molecule has 0 spiro atoms. The van der Waals surface area contributed by atoms with Gasteiger partial charge >= 0.3 is 0 Å². The van der Waals surface area contributed by atoms with Gasteiger partial charge in [0.15, 0.2) is 0 Å². The van der Waals surface area contributed by atoms with E-state index < -0.39 is 14.5 Å². The van der Waals surface area contributed by atoms with Crippen molar-refractivity contribution in [2.75, 3.05) is 12.4 Å². The highest BCUT2D eigenvalue weighted by Gasteiger charge is 2.38. The van der Waals surface area contributed by atoms with Crippen LogP contribution in [0.2, 0.25) is 15.1 Å². The largest absolute Gasteiger partial charge is 0.491 e. The van der Waals surface area contributed by atoms with E-state index in [0.29, 0.717) is 20.8 Å². The fraction of sp³-hybridized carbons (Fsp3) is 0.538. The van der Waals surface area contributed by atoms with Gasteiger partial charge in [-0.25, -0.2) is 8.42 Å². The molecule has 0 amide bonds. The summed E-state index contributed by atoms with van der Waals surface area (Å²) >= 11 is 17.8. The normalized spacial score (nSPS) is 17.9. The molecule has 0 unspecified atom stereocenters. The van der Waals surface area contributed by atoms with E-state index in [0.717, 1.165) is 25.7 Å². The van der Waals surface area contributed by atoms with Gasteiger partial charge in [0.25, 0.3) is 0 Å². The summed E-state index contributed by atoms with van der Waals surface area (Å²) in [5.41, 5.74) is -0.462. The Morgan fingerprint density at radius 1 is 1.05 bits per heavy atom. The van der Waals surface area contributed by atoms with Crippen LogP contribution in [0.1, 0.15) is 25.7 Å². The lowest BCUT2D eigenvalue weighted by atomic mass is 9.90. The molecule has 1 saturated carbocycles. The summed E-state index contributed by atoms with van der Waals surface area (Å²) in [4.78, 5) is 0. The first-order valence-corrected chi connectivity index (χ1v) is 10.0. The number of hydrogen-bond acceptors (Lipinski definition) is 3. The van der Waals surface area contributed by atoms with E-state index in [1.54, 1.807) is 0 Å². The zero-order chi connectivity index (χ0) is 15.7. The predicted molar refractivity (Wildman–Crippen MR) is 87.5 cm³/mol. The summed E-state index contributed by atoms with van der Waals surface area (Å²) in [5, 5.41) is 1.01. The first-order chi connectivity index (χ1) is 9.71. The maximum Gasteiger partial charge on any atom is 0.233 e. The van der Waals surface area contributed by atoms with E-state index in [4.69, 9.17) is 50.2 Å². The summed E-state index contributed by atoms with van der Waals surface area (Å²) in [6.07, 6.45) is 3.45. The van der Waals surface area contributed by atoms with E-state index in [1.807, 2.05) is 0 Å². The highest BCUT2D eigenvalue weighted by molar-refractivity contribution is 8.13. The SMILES string of the molecule is O=S(=O)(Cl)CC1(COc2cc(Cl)c(Cl)cc2Cl)CCCC1. The molecule has 2 rings (SSSR count). The van der Waals surface area contributed by atoms with Crippen LogP contribution in [-0.2, 0) is 9.05 Å². The van der Waals surface area contributed by atoms with Gasteiger partial charge in [0.2, 0.25) is 9.05 Å². The van der Waals surface area contributed by atoms with Gasteiger partial charge in [-0.15, -0.1) is 0 Å². The number of halogens is 4. The molecular formula is C13H14Cl4O3S. The quantitative estimate of drug-likeness (QED) is 0.514. The van der Waals surface area contributed by atoms with Crippen molar-refractivity contribution in [3.05, 3.63) is 27.2 Å². The zero-order valence-electron chi connectivity index (χ0n) is 11.0. The Labute approximate surface area is 143 Å². The Kier molecular flexibility index (Phi) is 5.59. The topological polar surface area (TPSA) is 43.4 Å². The summed E-state index contributed by atoms with van der Waals surface area (Å²) in [6.45, 7) is 0.233. The minimum Gasteiger partial charge on any atom is -0.491 e. The molecule has 0 heterocycles. The monoisotopic (exact) mass is 390 g/mol. The van der Waals surface area contributed by atoms with Crippen molar-refractivity contribution in [1.82, 2.24) is 0 Å². The van der Waals surface area contributed by atoms with Crippen LogP contribution in [0.25, 0.3) is 0 Å². The Morgan fingerprint density at radius 2 is 1.62 bits per heavy atom. The van der Waals surface area contributed by atoms with Gasteiger partial charge in [0, 0.05) is 22.2 Å². The van der Waals surface area contributed by atoms with Crippen LogP contribution >= 0.6 is 45.5 Å². The van der Waals surface area contributed by atoms with Gasteiger partial charge in [-0.1, -0.05) is 47.6 Å². The lowest BCUT2D eigenvalue weighted by Gasteiger charge is -2.27. The molecule has 1 fully saturated rings. The van der Waals surface area contributed by atoms with Crippen molar-refractivity contribution in [2.24, 2.45) is 5.41 Å². The summed E-state index contributed by atoms with van der Waals surface area (Å²) < 4.78 is 28.5. The number of benzene rings is 1. The van der Waals surface area contributed by atoms with Crippen LogP contribution in [-0.4, -0.2) is 20.8 Å². The smallest absolute Gasteiger partial charge is 0.233 e. The molecule has 1 aromatic carbocycles. The van der Waals surface area contributed by atoms with Gasteiger partial charge in [0.05, 0.1) is 27.4 Å². The summed E-state index contributed by atoms with van der Waals surface area (Å²) in [5.74, 6) is 0.296. The van der Waals surface area contributed by atoms with Gasteiger partial charge in [-0.3, -0.25) is 0 Å². The molecule has 0 N–H and O–H groups in total. The molecule has 1 aromatic rings. The average Bonchev–Trinajstić information content (AvgIpc) is 2.79. The molecule has 0 atom stereocenters. The zero-order valence-corrected chi connectivity index (χ0v) is 14.9. The molecule has 8 heteroatoms. The van der Waals surface area contributed by atoms with Gasteiger partial charge < -0.3 is 4.74 Å². The van der Waals surface area contributed by atoms with E-state index in [-0.39, 0.29) is 12.4 Å². The number of hydrogen-bond donors (Lipinski definition) is 0. The third kappa shape index (κ3) is 4.80. The second-order valence-electron chi connectivity index (χ2n) is 5.38. The van der Waals surface area contributed by atoms with Crippen LogP contribution in [0.3, 0.4) is 0 Å². The second kappa shape index (κ2) is 6.71. The fourth-order valence-electron chi connectivity index (χ4n) is 2.67. The molecular weight excluding hydrogens is 378 g/mol. The van der Waals surface area contributed by atoms with Crippen molar-refractivity contribution < 1.29 is 13.2 Å². The highest BCUT2D eigenvalue weighted by Crippen LogP contribution is 2.41. The fourth-order valence-corrected chi connectivity index (χ4v) is 5.06. The predicted octanol–water partition coefficient (Wildman–Crippen LogP) is 5.15. The Balaban J connectivity index is 2.14. The summed E-state index contributed by atoms with van der Waals surface area (Å²) in [6, 6.07) is 3.03. The molecule has 1 aliphatic rings. The minimum atomic E-state index is -3.58. The number of rotatable bonds is 5. The Morgan fingerprint density at radius 3 is 2.19 bits per heavy atom. The summed E-state index contributed by atoms with van der Waals surface area (Å²) in [7, 11) is 1.83. The maximum absolute atomic E-state index is 11.4. The van der Waals surface area contributed by atoms with Crippen molar-refractivity contribution >= 4 is 54.5 Å². The third-order valence-electron chi connectivity index (χ3n) is 3.65. The average molecular weight is 392 g/mol. The van der Waals surface area contributed by atoms with E-state index in [9.17, 15) is 8.42 Å². The Bertz CT molecular complexity index is 625. The molecule has 0 aromatic heterocycles. The van der Waals surface area contributed by atoms with Crippen molar-refractivity contribution in [3.63, 3.8) is 0 Å². The van der Waals surface area contributed by atoms with Crippen molar-refractivity contribution in [2.45, 2.75) is 25.7 Å². The molecule has 0 saturated heterocycles. The van der Waals surface area contributed by atoms with Crippen molar-refractivity contribution in [1.29, 1.82) is 0 Å². The van der Waals surface area contributed by atoms with Gasteiger partial charge in [-0.05, 0) is 18.9 Å². The van der Waals surface area contributed by atoms with Crippen LogP contribution < -0.4 is 4.74 Å². The first kappa shape index (κ1) is 17.5. The van der Waals surface area contributed by atoms with Crippen LogP contribution in [0, 0.1) is 5.41 Å². The maximum atomic E-state index is 11.4. The third-order valence-corrected chi connectivity index (χ3v) is 5.95. The molecule has 0 radical (unpaired) electrons. The number of ether oxygens (including phenoxy) is 1. The van der Waals surface area contributed by atoms with Gasteiger partial charge in [0.1, 0.15) is 5.75 Å². The standard InChI is InChI=1S/C13H14Cl4O3S/c14-9-5-11(16)12(6-10(9)15)20-7-13(3-1-2-4-13)8-21(17,18)19/h5-6H,1-4,7-8H2. The molecule has 118 valence electrons. The van der Waals surface area contributed by atoms with Crippen molar-refractivity contribution in [3.8, 4) is 5.75 Å². The van der Waals surface area contributed by atoms with E-state index >= 15 is 0 Å². The van der Waals surface area contributed by atoms with E-state index in [2.05, 4.69) is 0 Å². The second-order valence-corrected chi connectivity index (χ2v) is 9.37. The molecule has 0 bridgehead atoms. The molecule has 3 nitrogen and oxygen atoms in total. The Hall–Kier alpha value is 0.130. The molecule has 0 aliphatic heterocycles. The molecule has 1 aliphatic carbocycles.